The van der Waals surface area contributed by atoms with Crippen molar-refractivity contribution in [2.45, 2.75) is 65.5 Å². The molecule has 0 amide bonds. The standard InChI is InChI=1S/C23H27NOS/c1-13-9-8-10-15-18(13)24-14(2)20-17(19-16(26-20)11-12-25-19)23(24,7)22(5,6)21(15,3)4/h8-12,14H,1-7H3. The molecule has 0 aliphatic carbocycles. The van der Waals surface area contributed by atoms with E-state index in [-0.39, 0.29) is 16.4 Å². The molecule has 0 radical (unpaired) electrons. The zero-order valence-corrected chi connectivity index (χ0v) is 17.5. The van der Waals surface area contributed by atoms with Gasteiger partial charge in [0, 0.05) is 21.5 Å². The second-order valence-corrected chi connectivity index (χ2v) is 10.4. The van der Waals surface area contributed by atoms with E-state index in [1.807, 2.05) is 17.6 Å². The van der Waals surface area contributed by atoms with E-state index in [1.165, 1.54) is 32.0 Å². The van der Waals surface area contributed by atoms with Gasteiger partial charge in [-0.15, -0.1) is 11.3 Å². The number of thiophene rings is 1. The third-order valence-electron chi connectivity index (χ3n) is 7.99. The first-order chi connectivity index (χ1) is 12.1. The minimum atomic E-state index is -0.111. The van der Waals surface area contributed by atoms with Crippen molar-refractivity contribution in [1.29, 1.82) is 0 Å². The van der Waals surface area contributed by atoms with E-state index in [1.54, 1.807) is 0 Å². The highest BCUT2D eigenvalue weighted by atomic mass is 32.1. The second kappa shape index (κ2) is 4.56. The van der Waals surface area contributed by atoms with E-state index in [2.05, 4.69) is 77.6 Å². The summed E-state index contributed by atoms with van der Waals surface area (Å²) in [6.07, 6.45) is 1.85. The predicted octanol–water partition coefficient (Wildman–Crippen LogP) is 6.92. The molecule has 3 aromatic rings. The summed E-state index contributed by atoms with van der Waals surface area (Å²) in [4.78, 5) is 4.17. The third-order valence-corrected chi connectivity index (χ3v) is 9.30. The smallest absolute Gasteiger partial charge is 0.150 e. The van der Waals surface area contributed by atoms with Crippen LogP contribution >= 0.6 is 11.3 Å². The average molecular weight is 366 g/mol. The van der Waals surface area contributed by atoms with E-state index >= 15 is 0 Å². The molecule has 3 heteroatoms. The summed E-state index contributed by atoms with van der Waals surface area (Å²) >= 11 is 1.91. The topological polar surface area (TPSA) is 16.4 Å². The summed E-state index contributed by atoms with van der Waals surface area (Å²) in [5, 5.41) is 0. The lowest BCUT2D eigenvalue weighted by Crippen LogP contribution is -2.62. The van der Waals surface area contributed by atoms with Crippen molar-refractivity contribution < 1.29 is 4.42 Å². The van der Waals surface area contributed by atoms with Gasteiger partial charge in [-0.1, -0.05) is 45.9 Å². The number of rotatable bonds is 0. The van der Waals surface area contributed by atoms with E-state index < -0.39 is 0 Å². The van der Waals surface area contributed by atoms with Crippen molar-refractivity contribution in [3.63, 3.8) is 0 Å². The monoisotopic (exact) mass is 365 g/mol. The quantitative estimate of drug-likeness (QED) is 0.430. The lowest BCUT2D eigenvalue weighted by Gasteiger charge is -2.62. The number of hydrogen-bond donors (Lipinski definition) is 0. The Morgan fingerprint density at radius 2 is 1.81 bits per heavy atom. The molecule has 2 aromatic heterocycles. The number of benzene rings is 1. The fourth-order valence-corrected chi connectivity index (χ4v) is 6.95. The fraction of sp³-hybridized carbons (Fsp3) is 0.478. The SMILES string of the molecule is Cc1cccc2c1N1C(C)c3sc4ccoc4c3C1(C)C(C)(C)C2(C)C. The first-order valence-corrected chi connectivity index (χ1v) is 10.4. The lowest BCUT2D eigenvalue weighted by atomic mass is 9.51. The number of para-hydroxylation sites is 1. The molecule has 1 aromatic carbocycles. The van der Waals surface area contributed by atoms with Crippen LogP contribution in [0.15, 0.2) is 34.9 Å². The van der Waals surface area contributed by atoms with Gasteiger partial charge in [0.25, 0.3) is 0 Å². The van der Waals surface area contributed by atoms with Crippen LogP contribution in [0.2, 0.25) is 0 Å². The molecular formula is C23H27NOS. The summed E-state index contributed by atoms with van der Waals surface area (Å²) in [5.41, 5.74) is 6.75. The van der Waals surface area contributed by atoms with Crippen molar-refractivity contribution in [3.05, 3.63) is 52.1 Å². The van der Waals surface area contributed by atoms with Crippen LogP contribution in [0.25, 0.3) is 10.3 Å². The van der Waals surface area contributed by atoms with Gasteiger partial charge >= 0.3 is 0 Å². The zero-order valence-electron chi connectivity index (χ0n) is 16.7. The van der Waals surface area contributed by atoms with Gasteiger partial charge in [-0.25, -0.2) is 0 Å². The molecule has 2 nitrogen and oxygen atoms in total. The van der Waals surface area contributed by atoms with E-state index in [9.17, 15) is 0 Å². The second-order valence-electron chi connectivity index (χ2n) is 9.29. The van der Waals surface area contributed by atoms with E-state index in [0.29, 0.717) is 6.04 Å². The van der Waals surface area contributed by atoms with Gasteiger partial charge in [0.15, 0.2) is 5.58 Å². The maximum Gasteiger partial charge on any atom is 0.150 e. The van der Waals surface area contributed by atoms with Gasteiger partial charge in [-0.3, -0.25) is 0 Å². The minimum absolute atomic E-state index is 0.0289. The Hall–Kier alpha value is -1.74. The molecule has 2 atom stereocenters. The number of anilines is 1. The number of aryl methyl sites for hydroxylation is 1. The first kappa shape index (κ1) is 16.4. The molecule has 2 aliphatic rings. The molecule has 26 heavy (non-hydrogen) atoms. The highest BCUT2D eigenvalue weighted by Crippen LogP contribution is 2.69. The van der Waals surface area contributed by atoms with E-state index in [0.717, 1.165) is 5.58 Å². The van der Waals surface area contributed by atoms with Crippen LogP contribution in [0.4, 0.5) is 5.69 Å². The van der Waals surface area contributed by atoms with Crippen molar-refractivity contribution in [3.8, 4) is 0 Å². The number of hydrogen-bond acceptors (Lipinski definition) is 3. The minimum Gasteiger partial charge on any atom is -0.463 e. The summed E-state index contributed by atoms with van der Waals surface area (Å²) in [7, 11) is 0. The summed E-state index contributed by atoms with van der Waals surface area (Å²) in [6.45, 7) is 16.8. The normalized spacial score (nSPS) is 28.1. The molecule has 0 N–H and O–H groups in total. The van der Waals surface area contributed by atoms with Crippen molar-refractivity contribution >= 4 is 27.3 Å². The molecular weight excluding hydrogens is 338 g/mol. The molecule has 0 saturated carbocycles. The molecule has 136 valence electrons. The average Bonchev–Trinajstić information content (AvgIpc) is 3.19. The predicted molar refractivity (Wildman–Crippen MR) is 110 cm³/mol. The Morgan fingerprint density at radius 1 is 1.08 bits per heavy atom. The van der Waals surface area contributed by atoms with E-state index in [4.69, 9.17) is 4.42 Å². The Kier molecular flexibility index (Phi) is 2.88. The van der Waals surface area contributed by atoms with Gasteiger partial charge in [-0.05, 0) is 43.4 Å². The number of nitrogens with zero attached hydrogens (tertiary/aromatic N) is 1. The van der Waals surface area contributed by atoms with Crippen LogP contribution < -0.4 is 4.90 Å². The highest BCUT2D eigenvalue weighted by molar-refractivity contribution is 7.19. The summed E-state index contributed by atoms with van der Waals surface area (Å²) < 4.78 is 7.31. The molecule has 0 fully saturated rings. The summed E-state index contributed by atoms with van der Waals surface area (Å²) in [6, 6.07) is 9.30. The molecule has 0 spiro atoms. The number of fused-ring (bicyclic) bond motifs is 7. The van der Waals surface area contributed by atoms with Crippen LogP contribution in [0.1, 0.15) is 69.2 Å². The first-order valence-electron chi connectivity index (χ1n) is 9.54. The zero-order chi connectivity index (χ0) is 18.6. The molecule has 4 heterocycles. The molecule has 0 saturated heterocycles. The van der Waals surface area contributed by atoms with Crippen LogP contribution in [0, 0.1) is 12.3 Å². The largest absolute Gasteiger partial charge is 0.463 e. The van der Waals surface area contributed by atoms with Crippen LogP contribution in [-0.2, 0) is 11.0 Å². The highest BCUT2D eigenvalue weighted by Gasteiger charge is 2.65. The Balaban J connectivity index is 1.95. The molecule has 2 aliphatic heterocycles. The molecule has 5 rings (SSSR count). The lowest BCUT2D eigenvalue weighted by molar-refractivity contribution is 0.0654. The Bertz CT molecular complexity index is 1050. The van der Waals surface area contributed by atoms with Crippen LogP contribution in [0.5, 0.6) is 0 Å². The van der Waals surface area contributed by atoms with Crippen LogP contribution in [-0.4, -0.2) is 0 Å². The maximum absolute atomic E-state index is 6.03. The van der Waals surface area contributed by atoms with Gasteiger partial charge in [0.05, 0.1) is 22.5 Å². The van der Waals surface area contributed by atoms with Gasteiger partial charge in [-0.2, -0.15) is 0 Å². The van der Waals surface area contributed by atoms with Gasteiger partial charge in [0.2, 0.25) is 0 Å². The Labute approximate surface area is 159 Å². The Morgan fingerprint density at radius 3 is 2.54 bits per heavy atom. The van der Waals surface area contributed by atoms with Gasteiger partial charge in [0.1, 0.15) is 0 Å². The van der Waals surface area contributed by atoms with Crippen LogP contribution in [0.3, 0.4) is 0 Å². The van der Waals surface area contributed by atoms with Crippen molar-refractivity contribution in [2.75, 3.05) is 4.90 Å². The van der Waals surface area contributed by atoms with Crippen molar-refractivity contribution in [2.24, 2.45) is 5.41 Å². The van der Waals surface area contributed by atoms with Crippen molar-refractivity contribution in [1.82, 2.24) is 0 Å². The number of furan rings is 1. The molecule has 0 bridgehead atoms. The summed E-state index contributed by atoms with van der Waals surface area (Å²) in [5.74, 6) is 0. The maximum atomic E-state index is 6.03. The van der Waals surface area contributed by atoms with Gasteiger partial charge < -0.3 is 9.32 Å². The third kappa shape index (κ3) is 1.49. The fourth-order valence-electron chi connectivity index (χ4n) is 5.68. The molecule has 2 unspecified atom stereocenters.